The summed E-state index contributed by atoms with van der Waals surface area (Å²) in [7, 11) is 1.39. The molecule has 1 aliphatic carbocycles. The van der Waals surface area contributed by atoms with Crippen LogP contribution in [0.3, 0.4) is 0 Å². The minimum Gasteiger partial charge on any atom is -0.467 e. The molecule has 26 heavy (non-hydrogen) atoms. The molecule has 4 heteroatoms. The molecule has 4 rings (SSSR count). The molecule has 0 radical (unpaired) electrons. The van der Waals surface area contributed by atoms with E-state index in [1.807, 2.05) is 48.5 Å². The average Bonchev–Trinajstić information content (AvgIpc) is 2.71. The molecule has 2 aromatic carbocycles. The second-order valence-corrected chi connectivity index (χ2v) is 7.09. The maximum absolute atomic E-state index is 13.4. The first-order valence-corrected chi connectivity index (χ1v) is 9.26. The van der Waals surface area contributed by atoms with Crippen molar-refractivity contribution >= 4 is 11.9 Å². The lowest BCUT2D eigenvalue weighted by Crippen LogP contribution is -2.52. The molecule has 2 aromatic rings. The molecule has 1 aliphatic heterocycles. The van der Waals surface area contributed by atoms with E-state index in [0.717, 1.165) is 42.4 Å². The van der Waals surface area contributed by atoms with Crippen LogP contribution in [0.4, 0.5) is 0 Å². The van der Waals surface area contributed by atoms with Crippen LogP contribution in [0.5, 0.6) is 0 Å². The fourth-order valence-electron chi connectivity index (χ4n) is 4.58. The Labute approximate surface area is 153 Å². The van der Waals surface area contributed by atoms with Crippen LogP contribution in [0.25, 0.3) is 0 Å². The van der Waals surface area contributed by atoms with Crippen molar-refractivity contribution in [1.29, 1.82) is 0 Å². The lowest BCUT2D eigenvalue weighted by atomic mass is 9.74. The number of rotatable bonds is 3. The molecule has 2 aliphatic rings. The fourth-order valence-corrected chi connectivity index (χ4v) is 4.58. The number of ether oxygens (including phenoxy) is 1. The smallest absolute Gasteiger partial charge is 0.333 e. The summed E-state index contributed by atoms with van der Waals surface area (Å²) in [6.45, 7) is 0. The van der Waals surface area contributed by atoms with E-state index in [9.17, 15) is 9.59 Å². The second kappa shape index (κ2) is 6.94. The lowest BCUT2D eigenvalue weighted by molar-refractivity contribution is -0.147. The zero-order chi connectivity index (χ0) is 18.1. The van der Waals surface area contributed by atoms with Gasteiger partial charge in [0.15, 0.2) is 6.04 Å². The number of nitrogens with zero attached hydrogens (tertiary/aromatic N) is 1. The minimum atomic E-state index is -0.701. The van der Waals surface area contributed by atoms with Crippen molar-refractivity contribution in [1.82, 2.24) is 4.90 Å². The molecule has 0 N–H and O–H groups in total. The lowest BCUT2D eigenvalue weighted by Gasteiger charge is -2.47. The Kier molecular flexibility index (Phi) is 4.49. The standard InChI is InChI=1S/C22H23NO3/c1-26-22(25)20(15-9-3-2-4-10-15)23-19-14-8-7-12-17(19)16-11-5-6-13-18(16)21(23)24/h2-6,9-11,13,17,19-20H,7-8,12,14H2,1H3/t17-,19+,20?/m0/s1. The highest BCUT2D eigenvalue weighted by Gasteiger charge is 2.46. The van der Waals surface area contributed by atoms with E-state index in [1.165, 1.54) is 7.11 Å². The van der Waals surface area contributed by atoms with E-state index in [-0.39, 0.29) is 23.8 Å². The fraction of sp³-hybridized carbons (Fsp3) is 0.364. The molecule has 1 unspecified atom stereocenters. The van der Waals surface area contributed by atoms with Gasteiger partial charge in [0, 0.05) is 17.5 Å². The highest BCUT2D eigenvalue weighted by atomic mass is 16.5. The number of hydrogen-bond donors (Lipinski definition) is 0. The van der Waals surface area contributed by atoms with Crippen molar-refractivity contribution in [3.05, 3.63) is 71.3 Å². The summed E-state index contributed by atoms with van der Waals surface area (Å²) in [5, 5.41) is 0. The number of benzene rings is 2. The second-order valence-electron chi connectivity index (χ2n) is 7.09. The van der Waals surface area contributed by atoms with Gasteiger partial charge in [0.05, 0.1) is 7.11 Å². The van der Waals surface area contributed by atoms with Gasteiger partial charge in [-0.2, -0.15) is 0 Å². The molecule has 1 amide bonds. The Hall–Kier alpha value is -2.62. The summed E-state index contributed by atoms with van der Waals surface area (Å²) < 4.78 is 5.10. The third-order valence-corrected chi connectivity index (χ3v) is 5.73. The normalized spacial score (nSPS) is 23.0. The van der Waals surface area contributed by atoms with Crippen molar-refractivity contribution in [2.45, 2.75) is 43.7 Å². The Morgan fingerprint density at radius 1 is 1.04 bits per heavy atom. The summed E-state index contributed by atoms with van der Waals surface area (Å²) in [6, 6.07) is 16.7. The van der Waals surface area contributed by atoms with Gasteiger partial charge in [-0.05, 0) is 30.0 Å². The zero-order valence-corrected chi connectivity index (χ0v) is 14.9. The van der Waals surface area contributed by atoms with Gasteiger partial charge in [-0.25, -0.2) is 4.79 Å². The van der Waals surface area contributed by atoms with E-state index < -0.39 is 6.04 Å². The van der Waals surface area contributed by atoms with Gasteiger partial charge in [-0.1, -0.05) is 61.4 Å². The maximum Gasteiger partial charge on any atom is 0.333 e. The first-order chi connectivity index (χ1) is 12.7. The number of carbonyl (C=O) groups excluding carboxylic acids is 2. The predicted molar refractivity (Wildman–Crippen MR) is 98.8 cm³/mol. The summed E-state index contributed by atoms with van der Waals surface area (Å²) in [5.41, 5.74) is 2.66. The predicted octanol–water partition coefficient (Wildman–Crippen LogP) is 4.08. The van der Waals surface area contributed by atoms with Crippen molar-refractivity contribution in [2.24, 2.45) is 0 Å². The van der Waals surface area contributed by atoms with Gasteiger partial charge in [-0.15, -0.1) is 0 Å². The van der Waals surface area contributed by atoms with E-state index in [2.05, 4.69) is 6.07 Å². The number of hydrogen-bond acceptors (Lipinski definition) is 3. The first-order valence-electron chi connectivity index (χ1n) is 9.26. The number of fused-ring (bicyclic) bond motifs is 3. The van der Waals surface area contributed by atoms with Crippen LogP contribution in [0.2, 0.25) is 0 Å². The molecule has 0 bridgehead atoms. The number of esters is 1. The third kappa shape index (κ3) is 2.70. The average molecular weight is 349 g/mol. The highest BCUT2D eigenvalue weighted by molar-refractivity contribution is 6.00. The van der Waals surface area contributed by atoms with Crippen molar-refractivity contribution < 1.29 is 14.3 Å². The summed E-state index contributed by atoms with van der Waals surface area (Å²) >= 11 is 0. The van der Waals surface area contributed by atoms with Gasteiger partial charge in [-0.3, -0.25) is 4.79 Å². The first kappa shape index (κ1) is 16.8. The molecule has 0 aromatic heterocycles. The number of carbonyl (C=O) groups is 2. The van der Waals surface area contributed by atoms with E-state index >= 15 is 0 Å². The van der Waals surface area contributed by atoms with Crippen LogP contribution in [0.1, 0.15) is 59.1 Å². The Morgan fingerprint density at radius 3 is 2.50 bits per heavy atom. The monoisotopic (exact) mass is 349 g/mol. The van der Waals surface area contributed by atoms with E-state index in [4.69, 9.17) is 4.74 Å². The van der Waals surface area contributed by atoms with E-state index in [0.29, 0.717) is 0 Å². The van der Waals surface area contributed by atoms with Crippen LogP contribution in [-0.4, -0.2) is 29.9 Å². The Bertz CT molecular complexity index is 817. The molecule has 3 atom stereocenters. The minimum absolute atomic E-state index is 0.0375. The largest absolute Gasteiger partial charge is 0.467 e. The zero-order valence-electron chi connectivity index (χ0n) is 14.9. The van der Waals surface area contributed by atoms with Crippen molar-refractivity contribution in [2.75, 3.05) is 7.11 Å². The molecule has 0 saturated heterocycles. The Balaban J connectivity index is 1.85. The molecule has 1 fully saturated rings. The topological polar surface area (TPSA) is 46.6 Å². The summed E-state index contributed by atoms with van der Waals surface area (Å²) in [5.74, 6) is -0.162. The van der Waals surface area contributed by atoms with Gasteiger partial charge in [0.2, 0.25) is 0 Å². The van der Waals surface area contributed by atoms with Crippen LogP contribution < -0.4 is 0 Å². The van der Waals surface area contributed by atoms with Gasteiger partial charge >= 0.3 is 5.97 Å². The third-order valence-electron chi connectivity index (χ3n) is 5.73. The van der Waals surface area contributed by atoms with Crippen molar-refractivity contribution in [3.63, 3.8) is 0 Å². The Morgan fingerprint density at radius 2 is 1.73 bits per heavy atom. The quantitative estimate of drug-likeness (QED) is 0.784. The van der Waals surface area contributed by atoms with Gasteiger partial charge < -0.3 is 9.64 Å². The maximum atomic E-state index is 13.4. The highest BCUT2D eigenvalue weighted by Crippen LogP contribution is 2.45. The van der Waals surface area contributed by atoms with Gasteiger partial charge in [0.1, 0.15) is 0 Å². The molecular formula is C22H23NO3. The van der Waals surface area contributed by atoms with Crippen LogP contribution >= 0.6 is 0 Å². The van der Waals surface area contributed by atoms with Crippen LogP contribution in [0, 0.1) is 0 Å². The molecular weight excluding hydrogens is 326 g/mol. The van der Waals surface area contributed by atoms with Crippen LogP contribution in [-0.2, 0) is 9.53 Å². The summed E-state index contributed by atoms with van der Waals surface area (Å²) in [6.07, 6.45) is 4.21. The molecule has 0 spiro atoms. The molecule has 134 valence electrons. The molecule has 4 nitrogen and oxygen atoms in total. The van der Waals surface area contributed by atoms with Gasteiger partial charge in [0.25, 0.3) is 5.91 Å². The SMILES string of the molecule is COC(=O)C(c1ccccc1)N1C(=O)c2ccccc2[C@@H]2CCCC[C@H]21. The van der Waals surface area contributed by atoms with Crippen molar-refractivity contribution in [3.8, 4) is 0 Å². The van der Waals surface area contributed by atoms with E-state index in [1.54, 1.807) is 4.90 Å². The summed E-state index contributed by atoms with van der Waals surface area (Å²) in [4.78, 5) is 28.0. The molecule has 1 heterocycles. The number of methoxy groups -OCH3 is 1. The molecule has 1 saturated carbocycles. The van der Waals surface area contributed by atoms with Crippen LogP contribution in [0.15, 0.2) is 54.6 Å². The number of amides is 1.